The fraction of sp³-hybridized carbons (Fsp3) is 0.150. The maximum Gasteiger partial charge on any atom is 0.295 e. The number of aliphatic hydroxyl groups is 2. The van der Waals surface area contributed by atoms with Crippen LogP contribution in [0.25, 0.3) is 6.08 Å². The molecule has 0 bridgehead atoms. The second kappa shape index (κ2) is 11.7. The molecule has 0 spiro atoms. The quantitative estimate of drug-likeness (QED) is 0.176. The van der Waals surface area contributed by atoms with Gasteiger partial charge in [0.1, 0.15) is 4.83 Å². The first-order valence-corrected chi connectivity index (χ1v) is 8.58. The molecule has 28 heavy (non-hydrogen) atoms. The summed E-state index contributed by atoms with van der Waals surface area (Å²) in [6, 6.07) is 6.30. The SMILES string of the molecule is C=CC(Br)C#N.C=CCC(=O)C=O.C=Cc1ccc2c(c1)C(=O)C(O)(O)C2=O. The van der Waals surface area contributed by atoms with E-state index in [1.807, 2.05) is 6.07 Å². The van der Waals surface area contributed by atoms with Crippen LogP contribution in [0.4, 0.5) is 0 Å². The number of carbonyl (C=O) groups is 4. The normalized spacial score (nSPS) is 13.9. The molecule has 0 amide bonds. The molecule has 1 aromatic rings. The van der Waals surface area contributed by atoms with Gasteiger partial charge in [0.05, 0.1) is 6.07 Å². The Morgan fingerprint density at radius 1 is 1.21 bits per heavy atom. The number of rotatable bonds is 5. The van der Waals surface area contributed by atoms with E-state index in [1.165, 1.54) is 30.4 Å². The molecule has 0 aromatic heterocycles. The lowest BCUT2D eigenvalue weighted by atomic mass is 10.1. The average molecular weight is 448 g/mol. The molecule has 2 N–H and O–H groups in total. The van der Waals surface area contributed by atoms with Gasteiger partial charge < -0.3 is 10.2 Å². The van der Waals surface area contributed by atoms with Crippen molar-refractivity contribution in [1.29, 1.82) is 5.26 Å². The van der Waals surface area contributed by atoms with Gasteiger partial charge in [0.2, 0.25) is 11.6 Å². The summed E-state index contributed by atoms with van der Waals surface area (Å²) in [5.74, 6) is -5.28. The van der Waals surface area contributed by atoms with E-state index in [1.54, 1.807) is 6.07 Å². The highest BCUT2D eigenvalue weighted by Crippen LogP contribution is 2.29. The van der Waals surface area contributed by atoms with Gasteiger partial charge in [-0.25, -0.2) is 0 Å². The van der Waals surface area contributed by atoms with Crippen molar-refractivity contribution in [3.05, 3.63) is 66.8 Å². The number of fused-ring (bicyclic) bond motifs is 1. The Kier molecular flexibility index (Phi) is 10.4. The molecule has 7 nitrogen and oxygen atoms in total. The summed E-state index contributed by atoms with van der Waals surface area (Å²) in [6.07, 6.45) is 4.88. The number of aldehydes is 1. The molecule has 0 radical (unpaired) electrons. The largest absolute Gasteiger partial charge is 0.353 e. The molecule has 1 aromatic carbocycles. The Hall–Kier alpha value is -2.99. The van der Waals surface area contributed by atoms with Gasteiger partial charge in [-0.3, -0.25) is 19.2 Å². The summed E-state index contributed by atoms with van der Waals surface area (Å²) < 4.78 is 0. The molecule has 1 atom stereocenters. The first-order valence-electron chi connectivity index (χ1n) is 7.66. The topological polar surface area (TPSA) is 133 Å². The van der Waals surface area contributed by atoms with Crippen LogP contribution in [0.2, 0.25) is 0 Å². The second-order valence-corrected chi connectivity index (χ2v) is 6.17. The maximum atomic E-state index is 11.4. The Morgan fingerprint density at radius 2 is 1.79 bits per heavy atom. The highest BCUT2D eigenvalue weighted by molar-refractivity contribution is 9.09. The van der Waals surface area contributed by atoms with Crippen LogP contribution in [0.1, 0.15) is 32.7 Å². The lowest BCUT2D eigenvalue weighted by Crippen LogP contribution is -2.40. The first kappa shape index (κ1) is 25.0. The molecule has 2 rings (SSSR count). The van der Waals surface area contributed by atoms with Crippen LogP contribution < -0.4 is 0 Å². The van der Waals surface area contributed by atoms with Crippen molar-refractivity contribution < 1.29 is 29.4 Å². The van der Waals surface area contributed by atoms with Crippen LogP contribution in [0.5, 0.6) is 0 Å². The summed E-state index contributed by atoms with van der Waals surface area (Å²) in [4.78, 5) is 42.1. The number of benzene rings is 1. The van der Waals surface area contributed by atoms with Crippen LogP contribution in [-0.2, 0) is 9.59 Å². The minimum atomic E-state index is -2.90. The standard InChI is InChI=1S/C11H8O4.C5H6O2.C4H4BrN/c1-2-6-3-4-7-8(5-6)10(13)11(14,15)9(7)12;1-2-3-5(7)4-6;1-2-4(5)3-6/h2-5,14-15H,1H2;2,4H,1,3H2;2,4H,1H2. The van der Waals surface area contributed by atoms with Gasteiger partial charge >= 0.3 is 0 Å². The predicted molar refractivity (Wildman–Crippen MR) is 107 cm³/mol. The Labute approximate surface area is 170 Å². The minimum Gasteiger partial charge on any atom is -0.353 e. The number of halogens is 1. The number of Topliss-reactive ketones (excluding diaryl/α,β-unsaturated/α-hetero) is 3. The molecular weight excluding hydrogens is 430 g/mol. The van der Waals surface area contributed by atoms with Gasteiger partial charge in [-0.15, -0.1) is 13.2 Å². The third-order valence-corrected chi connectivity index (χ3v) is 3.79. The van der Waals surface area contributed by atoms with Crippen molar-refractivity contribution in [3.8, 4) is 6.07 Å². The van der Waals surface area contributed by atoms with Gasteiger partial charge in [-0.05, 0) is 17.7 Å². The van der Waals surface area contributed by atoms with Crippen molar-refractivity contribution in [2.45, 2.75) is 17.0 Å². The van der Waals surface area contributed by atoms with Crippen molar-refractivity contribution in [1.82, 2.24) is 0 Å². The molecule has 8 heteroatoms. The minimum absolute atomic E-state index is 0.0300. The second-order valence-electron chi connectivity index (χ2n) is 5.18. The van der Waals surface area contributed by atoms with Crippen molar-refractivity contribution in [2.24, 2.45) is 0 Å². The van der Waals surface area contributed by atoms with Gasteiger partial charge in [-0.1, -0.05) is 46.8 Å². The Balaban J connectivity index is 0.000000471. The molecule has 1 unspecified atom stereocenters. The molecular formula is C20H18BrNO6. The van der Waals surface area contributed by atoms with Gasteiger partial charge in [-0.2, -0.15) is 5.26 Å². The molecule has 0 saturated heterocycles. The molecule has 1 aliphatic rings. The molecule has 0 aliphatic heterocycles. The van der Waals surface area contributed by atoms with Crippen LogP contribution in [-0.4, -0.2) is 44.5 Å². The Morgan fingerprint density at radius 3 is 2.14 bits per heavy atom. The predicted octanol–water partition coefficient (Wildman–Crippen LogP) is 2.18. The third-order valence-electron chi connectivity index (χ3n) is 3.21. The van der Waals surface area contributed by atoms with E-state index in [2.05, 4.69) is 35.7 Å². The zero-order chi connectivity index (χ0) is 21.9. The molecule has 0 fully saturated rings. The zero-order valence-corrected chi connectivity index (χ0v) is 16.4. The van der Waals surface area contributed by atoms with Crippen molar-refractivity contribution >= 4 is 45.6 Å². The number of allylic oxidation sites excluding steroid dienone is 2. The smallest absolute Gasteiger partial charge is 0.295 e. The molecule has 146 valence electrons. The first-order chi connectivity index (χ1) is 13.1. The van der Waals surface area contributed by atoms with E-state index in [0.717, 1.165) is 0 Å². The van der Waals surface area contributed by atoms with E-state index >= 15 is 0 Å². The van der Waals surface area contributed by atoms with E-state index < -0.39 is 23.1 Å². The zero-order valence-electron chi connectivity index (χ0n) is 14.8. The summed E-state index contributed by atoms with van der Waals surface area (Å²) in [6.45, 7) is 10.1. The van der Waals surface area contributed by atoms with E-state index in [0.29, 0.717) is 11.8 Å². The van der Waals surface area contributed by atoms with E-state index in [-0.39, 0.29) is 22.4 Å². The third kappa shape index (κ3) is 6.63. The number of hydrogen-bond donors (Lipinski definition) is 2. The van der Waals surface area contributed by atoms with Crippen molar-refractivity contribution in [3.63, 3.8) is 0 Å². The lowest BCUT2D eigenvalue weighted by molar-refractivity contribution is -0.129. The molecule has 0 saturated carbocycles. The highest BCUT2D eigenvalue weighted by Gasteiger charge is 2.50. The molecule has 1 aliphatic carbocycles. The number of nitriles is 1. The number of carbonyl (C=O) groups excluding carboxylic acids is 4. The number of hydrogen-bond acceptors (Lipinski definition) is 7. The number of nitrogens with zero attached hydrogens (tertiary/aromatic N) is 1. The molecule has 0 heterocycles. The van der Waals surface area contributed by atoms with Gasteiger partial charge in [0.15, 0.2) is 12.1 Å². The van der Waals surface area contributed by atoms with Crippen molar-refractivity contribution in [2.75, 3.05) is 0 Å². The van der Waals surface area contributed by atoms with Crippen LogP contribution in [0.15, 0.2) is 50.1 Å². The summed E-state index contributed by atoms with van der Waals surface area (Å²) in [5.41, 5.74) is 0.714. The highest BCUT2D eigenvalue weighted by atomic mass is 79.9. The fourth-order valence-electron chi connectivity index (χ4n) is 1.80. The monoisotopic (exact) mass is 447 g/mol. The van der Waals surface area contributed by atoms with Gasteiger partial charge in [0.25, 0.3) is 5.79 Å². The maximum absolute atomic E-state index is 11.4. The van der Waals surface area contributed by atoms with E-state index in [4.69, 9.17) is 5.26 Å². The fourth-order valence-corrected chi connectivity index (χ4v) is 1.80. The van der Waals surface area contributed by atoms with Gasteiger partial charge in [0, 0.05) is 17.5 Å². The number of alkyl halides is 1. The number of ketones is 3. The van der Waals surface area contributed by atoms with Crippen LogP contribution in [0.3, 0.4) is 0 Å². The average Bonchev–Trinajstić information content (AvgIpc) is 2.88. The van der Waals surface area contributed by atoms with E-state index in [9.17, 15) is 29.4 Å². The summed E-state index contributed by atoms with van der Waals surface area (Å²) in [7, 11) is 0. The van der Waals surface area contributed by atoms with Crippen LogP contribution >= 0.6 is 15.9 Å². The van der Waals surface area contributed by atoms with Crippen LogP contribution in [0, 0.1) is 11.3 Å². The summed E-state index contributed by atoms with van der Waals surface area (Å²) >= 11 is 3.00. The summed E-state index contributed by atoms with van der Waals surface area (Å²) in [5, 5.41) is 26.5. The Bertz CT molecular complexity index is 851. The lowest BCUT2D eigenvalue weighted by Gasteiger charge is -2.08.